The van der Waals surface area contributed by atoms with E-state index in [0.29, 0.717) is 24.3 Å². The van der Waals surface area contributed by atoms with Gasteiger partial charge in [0.1, 0.15) is 11.5 Å². The molecule has 54 heavy (non-hydrogen) atoms. The zero-order valence-electron chi connectivity index (χ0n) is 33.0. The van der Waals surface area contributed by atoms with E-state index in [4.69, 9.17) is 14.2 Å². The molecule has 0 radical (unpaired) electrons. The first kappa shape index (κ1) is 42.2. The van der Waals surface area contributed by atoms with E-state index in [1.54, 1.807) is 12.1 Å². The van der Waals surface area contributed by atoms with E-state index < -0.39 is 0 Å². The Balaban J connectivity index is 1.04. The highest BCUT2D eigenvalue weighted by Crippen LogP contribution is 2.24. The smallest absolute Gasteiger partial charge is 0.338 e. The second kappa shape index (κ2) is 24.7. The van der Waals surface area contributed by atoms with Crippen molar-refractivity contribution in [2.45, 2.75) is 142 Å². The van der Waals surface area contributed by atoms with Crippen LogP contribution in [0.5, 0.6) is 11.5 Å². The standard InChI is InChI=1S/C47H62N2O5/c1-4-6-8-10-12-16-20-38-35-48-46(49-36-38)41-28-30-43(31-29-41)52-34-18-14-11-13-17-21-45(50)54-44-32-26-40(27-33-44)39-22-24-42(25-23-39)47(51)53-37(3)19-15-9-7-5-2/h22-33,35-37H,4-21,34H2,1-3H3/t37-/m1/s1. The zero-order valence-corrected chi connectivity index (χ0v) is 33.0. The highest BCUT2D eigenvalue weighted by Gasteiger charge is 2.13. The molecule has 0 unspecified atom stereocenters. The fourth-order valence-corrected chi connectivity index (χ4v) is 6.40. The molecular weight excluding hydrogens is 673 g/mol. The number of hydrogen-bond donors (Lipinski definition) is 0. The molecule has 0 saturated carbocycles. The van der Waals surface area contributed by atoms with Crippen molar-refractivity contribution in [2.24, 2.45) is 0 Å². The summed E-state index contributed by atoms with van der Waals surface area (Å²) in [5.41, 5.74) is 4.70. The van der Waals surface area contributed by atoms with Gasteiger partial charge < -0.3 is 14.2 Å². The topological polar surface area (TPSA) is 87.6 Å². The Morgan fingerprint density at radius 3 is 1.80 bits per heavy atom. The van der Waals surface area contributed by atoms with E-state index in [-0.39, 0.29) is 18.0 Å². The van der Waals surface area contributed by atoms with Gasteiger partial charge in [0.15, 0.2) is 5.82 Å². The van der Waals surface area contributed by atoms with Crippen molar-refractivity contribution >= 4 is 11.9 Å². The van der Waals surface area contributed by atoms with Crippen LogP contribution in [0.25, 0.3) is 22.5 Å². The van der Waals surface area contributed by atoms with Gasteiger partial charge in [-0.15, -0.1) is 0 Å². The largest absolute Gasteiger partial charge is 0.494 e. The van der Waals surface area contributed by atoms with Crippen molar-refractivity contribution in [2.75, 3.05) is 6.61 Å². The summed E-state index contributed by atoms with van der Waals surface area (Å²) in [5, 5.41) is 0. The van der Waals surface area contributed by atoms with E-state index in [1.165, 1.54) is 63.4 Å². The average Bonchev–Trinajstić information content (AvgIpc) is 3.19. The highest BCUT2D eigenvalue weighted by molar-refractivity contribution is 5.90. The minimum absolute atomic E-state index is 0.0873. The van der Waals surface area contributed by atoms with E-state index in [1.807, 2.05) is 80.0 Å². The van der Waals surface area contributed by atoms with Crippen LogP contribution in [0, 0.1) is 0 Å². The van der Waals surface area contributed by atoms with Gasteiger partial charge in [-0.05, 0) is 111 Å². The van der Waals surface area contributed by atoms with Crippen LogP contribution in [0.1, 0.15) is 146 Å². The van der Waals surface area contributed by atoms with Crippen LogP contribution in [0.4, 0.5) is 0 Å². The Labute approximate surface area is 324 Å². The lowest BCUT2D eigenvalue weighted by molar-refractivity contribution is -0.134. The maximum absolute atomic E-state index is 12.5. The molecule has 1 heterocycles. The first-order valence-corrected chi connectivity index (χ1v) is 20.6. The molecular formula is C47H62N2O5. The van der Waals surface area contributed by atoms with E-state index in [0.717, 1.165) is 79.6 Å². The Hall–Kier alpha value is -4.52. The summed E-state index contributed by atoms with van der Waals surface area (Å²) in [4.78, 5) is 34.2. The van der Waals surface area contributed by atoms with Gasteiger partial charge >= 0.3 is 11.9 Å². The van der Waals surface area contributed by atoms with Crippen molar-refractivity contribution in [3.05, 3.63) is 96.3 Å². The zero-order chi connectivity index (χ0) is 38.2. The summed E-state index contributed by atoms with van der Waals surface area (Å²) in [7, 11) is 0. The number of rotatable bonds is 26. The van der Waals surface area contributed by atoms with Crippen molar-refractivity contribution in [1.82, 2.24) is 9.97 Å². The van der Waals surface area contributed by atoms with Gasteiger partial charge in [-0.1, -0.05) is 109 Å². The van der Waals surface area contributed by atoms with E-state index in [2.05, 4.69) is 23.8 Å². The number of aryl methyl sites for hydroxylation is 1. The maximum Gasteiger partial charge on any atom is 0.338 e. The molecule has 0 saturated heterocycles. The monoisotopic (exact) mass is 734 g/mol. The van der Waals surface area contributed by atoms with Gasteiger partial charge in [-0.25, -0.2) is 14.8 Å². The number of nitrogens with zero attached hydrogens (tertiary/aromatic N) is 2. The Bertz CT molecular complexity index is 1620. The summed E-state index contributed by atoms with van der Waals surface area (Å²) in [6, 6.07) is 22.9. The number of carbonyl (C=O) groups is 2. The van der Waals surface area contributed by atoms with Gasteiger partial charge in [0.05, 0.1) is 18.3 Å². The van der Waals surface area contributed by atoms with Gasteiger partial charge in [-0.3, -0.25) is 4.79 Å². The number of esters is 2. The van der Waals surface area contributed by atoms with E-state index in [9.17, 15) is 9.59 Å². The third-order valence-electron chi connectivity index (χ3n) is 9.74. The maximum atomic E-state index is 12.5. The van der Waals surface area contributed by atoms with Crippen LogP contribution in [0.3, 0.4) is 0 Å². The summed E-state index contributed by atoms with van der Waals surface area (Å²) >= 11 is 0. The van der Waals surface area contributed by atoms with Crippen LogP contribution in [0.15, 0.2) is 85.2 Å². The van der Waals surface area contributed by atoms with Crippen LogP contribution in [-0.4, -0.2) is 34.6 Å². The predicted molar refractivity (Wildman–Crippen MR) is 219 cm³/mol. The minimum atomic E-state index is -0.287. The Morgan fingerprint density at radius 1 is 0.593 bits per heavy atom. The molecule has 0 amide bonds. The molecule has 7 heteroatoms. The fourth-order valence-electron chi connectivity index (χ4n) is 6.40. The molecule has 4 aromatic rings. The van der Waals surface area contributed by atoms with Gasteiger partial charge in [-0.2, -0.15) is 0 Å². The quantitative estimate of drug-likeness (QED) is 0.0360. The molecule has 0 N–H and O–H groups in total. The minimum Gasteiger partial charge on any atom is -0.494 e. The molecule has 0 aliphatic carbocycles. The third kappa shape index (κ3) is 15.8. The molecule has 4 rings (SSSR count). The third-order valence-corrected chi connectivity index (χ3v) is 9.74. The molecule has 0 aliphatic heterocycles. The molecule has 290 valence electrons. The first-order chi connectivity index (χ1) is 26.4. The Morgan fingerprint density at radius 2 is 1.13 bits per heavy atom. The van der Waals surface area contributed by atoms with Crippen molar-refractivity contribution in [3.63, 3.8) is 0 Å². The number of benzene rings is 3. The summed E-state index contributed by atoms with van der Waals surface area (Å²) in [6.07, 6.45) is 23.4. The molecule has 7 nitrogen and oxygen atoms in total. The van der Waals surface area contributed by atoms with E-state index >= 15 is 0 Å². The first-order valence-electron chi connectivity index (χ1n) is 20.6. The second-order valence-corrected chi connectivity index (χ2v) is 14.5. The normalized spacial score (nSPS) is 11.6. The van der Waals surface area contributed by atoms with Gasteiger partial charge in [0, 0.05) is 24.4 Å². The SMILES string of the molecule is CCCCCCCCc1cnc(-c2ccc(OCCCCCCCC(=O)Oc3ccc(-c4ccc(C(=O)O[C@H](C)CCCCCC)cc4)cc3)cc2)nc1. The summed E-state index contributed by atoms with van der Waals surface area (Å²) in [6.45, 7) is 7.06. The summed E-state index contributed by atoms with van der Waals surface area (Å²) in [5.74, 6) is 1.62. The average molecular weight is 735 g/mol. The molecule has 1 atom stereocenters. The van der Waals surface area contributed by atoms with Crippen LogP contribution >= 0.6 is 0 Å². The van der Waals surface area contributed by atoms with Crippen molar-refractivity contribution < 1.29 is 23.8 Å². The summed E-state index contributed by atoms with van der Waals surface area (Å²) < 4.78 is 17.1. The Kier molecular flexibility index (Phi) is 19.3. The number of carbonyl (C=O) groups excluding carboxylic acids is 2. The highest BCUT2D eigenvalue weighted by atomic mass is 16.5. The molecule has 0 bridgehead atoms. The van der Waals surface area contributed by atoms with Crippen molar-refractivity contribution in [1.29, 1.82) is 0 Å². The lowest BCUT2D eigenvalue weighted by atomic mass is 10.0. The lowest BCUT2D eigenvalue weighted by Gasteiger charge is -2.13. The predicted octanol–water partition coefficient (Wildman–Crippen LogP) is 12.6. The van der Waals surface area contributed by atoms with Gasteiger partial charge in [0.25, 0.3) is 0 Å². The van der Waals surface area contributed by atoms with Crippen LogP contribution in [0.2, 0.25) is 0 Å². The number of hydrogen-bond acceptors (Lipinski definition) is 7. The molecule has 3 aromatic carbocycles. The molecule has 1 aromatic heterocycles. The lowest BCUT2D eigenvalue weighted by Crippen LogP contribution is -2.15. The second-order valence-electron chi connectivity index (χ2n) is 14.5. The number of aromatic nitrogens is 2. The number of unbranched alkanes of at least 4 members (excludes halogenated alkanes) is 12. The van der Waals surface area contributed by atoms with Crippen molar-refractivity contribution in [3.8, 4) is 34.0 Å². The van der Waals surface area contributed by atoms with Gasteiger partial charge in [0.2, 0.25) is 0 Å². The molecule has 0 aliphatic rings. The van der Waals surface area contributed by atoms with Crippen LogP contribution in [-0.2, 0) is 16.0 Å². The fraction of sp³-hybridized carbons (Fsp3) is 0.489. The molecule has 0 fully saturated rings. The molecule has 0 spiro atoms. The van der Waals surface area contributed by atoms with Crippen LogP contribution < -0.4 is 9.47 Å². The number of ether oxygens (including phenoxy) is 3.